The number of sulfonamides is 1. The molecular formula is C26H33N3O5S. The molecule has 4 rings (SSSR count). The van der Waals surface area contributed by atoms with Crippen molar-refractivity contribution in [3.63, 3.8) is 0 Å². The number of rotatable bonds is 9. The fraction of sp³-hybridized carbons (Fsp3) is 0.462. The molecule has 0 radical (unpaired) electrons. The van der Waals surface area contributed by atoms with Crippen molar-refractivity contribution in [3.8, 4) is 5.75 Å². The van der Waals surface area contributed by atoms with Crippen LogP contribution in [0.4, 0.5) is 5.69 Å². The van der Waals surface area contributed by atoms with Crippen molar-refractivity contribution in [1.29, 1.82) is 0 Å². The van der Waals surface area contributed by atoms with Gasteiger partial charge in [0.1, 0.15) is 11.9 Å². The molecule has 0 saturated carbocycles. The van der Waals surface area contributed by atoms with Crippen LogP contribution in [0.5, 0.6) is 5.75 Å². The minimum atomic E-state index is -3.35. The van der Waals surface area contributed by atoms with Crippen LogP contribution in [0.3, 0.4) is 0 Å². The highest BCUT2D eigenvalue weighted by Crippen LogP contribution is 2.36. The average Bonchev–Trinajstić information content (AvgIpc) is 3.52. The summed E-state index contributed by atoms with van der Waals surface area (Å²) in [5.41, 5.74) is 3.07. The predicted molar refractivity (Wildman–Crippen MR) is 136 cm³/mol. The van der Waals surface area contributed by atoms with Crippen LogP contribution in [-0.2, 0) is 19.6 Å². The van der Waals surface area contributed by atoms with Crippen LogP contribution in [-0.4, -0.2) is 50.6 Å². The summed E-state index contributed by atoms with van der Waals surface area (Å²) in [5.74, 6) is 1.03. The summed E-state index contributed by atoms with van der Waals surface area (Å²) >= 11 is 0. The van der Waals surface area contributed by atoms with Crippen molar-refractivity contribution in [2.75, 3.05) is 24.2 Å². The van der Waals surface area contributed by atoms with Crippen LogP contribution < -0.4 is 9.46 Å². The third-order valence-electron chi connectivity index (χ3n) is 6.56. The van der Waals surface area contributed by atoms with Crippen molar-refractivity contribution in [1.82, 2.24) is 5.01 Å². The normalized spacial score (nSPS) is 22.2. The number of nitrogens with one attached hydrogen (secondary N) is 1. The minimum Gasteiger partial charge on any atom is -0.497 e. The summed E-state index contributed by atoms with van der Waals surface area (Å²) in [6.45, 7) is 4.34. The Hall–Kier alpha value is -2.91. The molecule has 0 bridgehead atoms. The lowest BCUT2D eigenvalue weighted by molar-refractivity contribution is -0.142. The van der Waals surface area contributed by atoms with Gasteiger partial charge in [-0.1, -0.05) is 37.6 Å². The third-order valence-corrected chi connectivity index (χ3v) is 7.87. The lowest BCUT2D eigenvalue weighted by Gasteiger charge is -2.24. The van der Waals surface area contributed by atoms with Crippen molar-refractivity contribution in [2.45, 2.75) is 51.7 Å². The topological polar surface area (TPSA) is 97.3 Å². The fourth-order valence-electron chi connectivity index (χ4n) is 4.58. The van der Waals surface area contributed by atoms with E-state index in [4.69, 9.17) is 14.6 Å². The van der Waals surface area contributed by atoms with E-state index in [1.165, 1.54) is 0 Å². The molecule has 0 spiro atoms. The molecule has 2 aromatic carbocycles. The molecular weight excluding hydrogens is 466 g/mol. The first-order valence-corrected chi connectivity index (χ1v) is 13.8. The zero-order valence-electron chi connectivity index (χ0n) is 20.4. The Balaban J connectivity index is 1.58. The second-order valence-electron chi connectivity index (χ2n) is 9.02. The zero-order chi connectivity index (χ0) is 25.0. The quantitative estimate of drug-likeness (QED) is 0.554. The lowest BCUT2D eigenvalue weighted by Crippen LogP contribution is -2.36. The molecule has 3 unspecified atom stereocenters. The standard InChI is InChI=1S/C26H33N3O5S/c1-4-6-18-15-25(34-17-18)26(30)29-24(20-9-13-22(33-3)14-10-20)16-23(27-29)19-7-11-21(12-8-19)28-35(31,32)5-2/h7-14,18,24-25,28H,4-6,15-17H2,1-3H3. The molecule has 35 heavy (non-hydrogen) atoms. The first-order chi connectivity index (χ1) is 16.8. The van der Waals surface area contributed by atoms with Gasteiger partial charge >= 0.3 is 0 Å². The number of carbonyl (C=O) groups is 1. The van der Waals surface area contributed by atoms with Gasteiger partial charge in [0.25, 0.3) is 5.91 Å². The number of hydrogen-bond acceptors (Lipinski definition) is 6. The van der Waals surface area contributed by atoms with Crippen LogP contribution in [0.25, 0.3) is 0 Å². The summed E-state index contributed by atoms with van der Waals surface area (Å²) in [6, 6.07) is 14.5. The summed E-state index contributed by atoms with van der Waals surface area (Å²) < 4.78 is 37.4. The highest BCUT2D eigenvalue weighted by atomic mass is 32.2. The number of ether oxygens (including phenoxy) is 2. The second kappa shape index (κ2) is 10.8. The van der Waals surface area contributed by atoms with Crippen LogP contribution in [0.15, 0.2) is 53.6 Å². The maximum Gasteiger partial charge on any atom is 0.272 e. The monoisotopic (exact) mass is 499 g/mol. The number of methoxy groups -OCH3 is 1. The van der Waals surface area contributed by atoms with E-state index in [1.807, 2.05) is 36.4 Å². The summed E-state index contributed by atoms with van der Waals surface area (Å²) in [7, 11) is -1.73. The number of nitrogens with zero attached hydrogens (tertiary/aromatic N) is 2. The molecule has 2 aliphatic rings. The number of hydrazone groups is 1. The van der Waals surface area contributed by atoms with E-state index in [2.05, 4.69) is 11.6 Å². The number of hydrogen-bond donors (Lipinski definition) is 1. The van der Waals surface area contributed by atoms with Gasteiger partial charge in [0.15, 0.2) is 0 Å². The smallest absolute Gasteiger partial charge is 0.272 e. The Morgan fingerprint density at radius 1 is 1.14 bits per heavy atom. The summed E-state index contributed by atoms with van der Waals surface area (Å²) in [4.78, 5) is 13.5. The number of anilines is 1. The Labute approximate surface area is 207 Å². The molecule has 0 aromatic heterocycles. The van der Waals surface area contributed by atoms with E-state index >= 15 is 0 Å². The van der Waals surface area contributed by atoms with Gasteiger partial charge in [-0.15, -0.1) is 0 Å². The lowest BCUT2D eigenvalue weighted by atomic mass is 9.97. The Morgan fingerprint density at radius 2 is 1.86 bits per heavy atom. The molecule has 1 amide bonds. The molecule has 1 N–H and O–H groups in total. The van der Waals surface area contributed by atoms with Crippen molar-refractivity contribution >= 4 is 27.3 Å². The van der Waals surface area contributed by atoms with E-state index in [0.29, 0.717) is 24.6 Å². The van der Waals surface area contributed by atoms with Crippen LogP contribution in [0.1, 0.15) is 56.7 Å². The molecule has 2 heterocycles. The molecule has 1 saturated heterocycles. The highest BCUT2D eigenvalue weighted by Gasteiger charge is 2.40. The van der Waals surface area contributed by atoms with Gasteiger partial charge < -0.3 is 9.47 Å². The first-order valence-electron chi connectivity index (χ1n) is 12.1. The Morgan fingerprint density at radius 3 is 2.49 bits per heavy atom. The van der Waals surface area contributed by atoms with Gasteiger partial charge in [-0.25, -0.2) is 13.4 Å². The molecule has 0 aliphatic carbocycles. The minimum absolute atomic E-state index is 0.00439. The van der Waals surface area contributed by atoms with Gasteiger partial charge in [0.2, 0.25) is 10.0 Å². The largest absolute Gasteiger partial charge is 0.497 e. The molecule has 3 atom stereocenters. The zero-order valence-corrected chi connectivity index (χ0v) is 21.3. The van der Waals surface area contributed by atoms with Crippen LogP contribution in [0.2, 0.25) is 0 Å². The number of amides is 1. The van der Waals surface area contributed by atoms with Crippen molar-refractivity contribution in [2.24, 2.45) is 11.0 Å². The molecule has 2 aliphatic heterocycles. The van der Waals surface area contributed by atoms with Crippen molar-refractivity contribution < 1.29 is 22.7 Å². The maximum atomic E-state index is 13.5. The van der Waals surface area contributed by atoms with Gasteiger partial charge in [-0.05, 0) is 61.1 Å². The third kappa shape index (κ3) is 5.85. The Bertz CT molecular complexity index is 1160. The molecule has 1 fully saturated rings. The van der Waals surface area contributed by atoms with E-state index in [9.17, 15) is 13.2 Å². The van der Waals surface area contributed by atoms with E-state index < -0.39 is 16.1 Å². The molecule has 9 heteroatoms. The average molecular weight is 500 g/mol. The molecule has 2 aromatic rings. The number of benzene rings is 2. The summed E-state index contributed by atoms with van der Waals surface area (Å²) in [6.07, 6.45) is 2.90. The van der Waals surface area contributed by atoms with E-state index in [1.54, 1.807) is 31.2 Å². The van der Waals surface area contributed by atoms with Gasteiger partial charge in [-0.2, -0.15) is 5.10 Å². The van der Waals surface area contributed by atoms with Gasteiger partial charge in [-0.3, -0.25) is 9.52 Å². The molecule has 188 valence electrons. The van der Waals surface area contributed by atoms with E-state index in [-0.39, 0.29) is 17.7 Å². The fourth-order valence-corrected chi connectivity index (χ4v) is 5.22. The Kier molecular flexibility index (Phi) is 7.76. The highest BCUT2D eigenvalue weighted by molar-refractivity contribution is 7.92. The van der Waals surface area contributed by atoms with Gasteiger partial charge in [0.05, 0.1) is 31.2 Å². The molecule has 8 nitrogen and oxygen atoms in total. The van der Waals surface area contributed by atoms with Gasteiger partial charge in [0, 0.05) is 12.1 Å². The van der Waals surface area contributed by atoms with E-state index in [0.717, 1.165) is 41.9 Å². The SMILES string of the molecule is CCCC1COC(C(=O)N2N=C(c3ccc(NS(=O)(=O)CC)cc3)CC2c2ccc(OC)cc2)C1. The first kappa shape index (κ1) is 25.2. The second-order valence-corrected chi connectivity index (χ2v) is 11.0. The predicted octanol–water partition coefficient (Wildman–Crippen LogP) is 4.34. The summed E-state index contributed by atoms with van der Waals surface area (Å²) in [5, 5.41) is 6.32. The maximum absolute atomic E-state index is 13.5. The van der Waals surface area contributed by atoms with Crippen LogP contribution >= 0.6 is 0 Å². The number of carbonyl (C=O) groups excluding carboxylic acids is 1. The van der Waals surface area contributed by atoms with Crippen LogP contribution in [0, 0.1) is 5.92 Å². The van der Waals surface area contributed by atoms with Crippen molar-refractivity contribution in [3.05, 3.63) is 59.7 Å².